The maximum absolute atomic E-state index is 2.38. The second kappa shape index (κ2) is 3.58. The molecular weight excluding hydrogens is 182 g/mol. The van der Waals surface area contributed by atoms with Crippen molar-refractivity contribution >= 4 is 10.8 Å². The van der Waals surface area contributed by atoms with Gasteiger partial charge in [0.2, 0.25) is 0 Å². The van der Waals surface area contributed by atoms with Crippen LogP contribution in [0.3, 0.4) is 0 Å². The van der Waals surface area contributed by atoms with Crippen molar-refractivity contribution in [3.63, 3.8) is 0 Å². The molecule has 1 aliphatic carbocycles. The monoisotopic (exact) mass is 197 g/mol. The molecule has 1 nitrogen and oxygen atoms in total. The summed E-state index contributed by atoms with van der Waals surface area (Å²) >= 11 is 0. The first-order chi connectivity index (χ1) is 7.43. The molecule has 0 aliphatic heterocycles. The van der Waals surface area contributed by atoms with Crippen molar-refractivity contribution in [1.29, 1.82) is 0 Å². The van der Waals surface area contributed by atoms with E-state index < -0.39 is 0 Å². The fourth-order valence-electron chi connectivity index (χ4n) is 2.36. The molecule has 1 aromatic carbocycles. The van der Waals surface area contributed by atoms with E-state index >= 15 is 0 Å². The Hall–Kier alpha value is -1.50. The summed E-state index contributed by atoms with van der Waals surface area (Å²) in [6, 6.07) is 9.25. The zero-order valence-electron chi connectivity index (χ0n) is 8.76. The first-order valence-electron chi connectivity index (χ1n) is 5.65. The van der Waals surface area contributed by atoms with Crippen LogP contribution in [0, 0.1) is 0 Å². The minimum Gasteiger partial charge on any atom is -0.350 e. The van der Waals surface area contributed by atoms with Crippen LogP contribution in [0.1, 0.15) is 25.3 Å². The molecule has 0 spiro atoms. The zero-order chi connectivity index (χ0) is 10.1. The number of nitrogens with zero attached hydrogens (tertiary/aromatic N) is 1. The van der Waals surface area contributed by atoms with Crippen molar-refractivity contribution in [1.82, 2.24) is 4.57 Å². The Kier molecular flexibility index (Phi) is 2.09. The van der Waals surface area contributed by atoms with Gasteiger partial charge in [0.1, 0.15) is 0 Å². The number of hydrogen-bond acceptors (Lipinski definition) is 0. The lowest BCUT2D eigenvalue weighted by atomic mass is 10.0. The summed E-state index contributed by atoms with van der Waals surface area (Å²) in [5.41, 5.74) is 0. The molecule has 1 aromatic heterocycles. The number of hydrogen-bond donors (Lipinski definition) is 0. The van der Waals surface area contributed by atoms with Crippen LogP contribution in [-0.4, -0.2) is 4.57 Å². The van der Waals surface area contributed by atoms with E-state index in [9.17, 15) is 0 Å². The fourth-order valence-corrected chi connectivity index (χ4v) is 2.36. The Labute approximate surface area is 90.0 Å². The second-order valence-electron chi connectivity index (χ2n) is 4.27. The van der Waals surface area contributed by atoms with Crippen LogP contribution in [0.15, 0.2) is 48.8 Å². The van der Waals surface area contributed by atoms with Gasteiger partial charge >= 0.3 is 0 Å². The topological polar surface area (TPSA) is 4.93 Å². The lowest BCUT2D eigenvalue weighted by Crippen LogP contribution is -2.07. The van der Waals surface area contributed by atoms with Crippen molar-refractivity contribution in [3.05, 3.63) is 48.8 Å². The van der Waals surface area contributed by atoms with Crippen LogP contribution in [-0.2, 0) is 0 Å². The third kappa shape index (κ3) is 1.58. The molecule has 0 amide bonds. The number of aromatic nitrogens is 1. The molecule has 15 heavy (non-hydrogen) atoms. The van der Waals surface area contributed by atoms with Gasteiger partial charge in [0.25, 0.3) is 0 Å². The van der Waals surface area contributed by atoms with Crippen LogP contribution in [0.25, 0.3) is 10.8 Å². The molecule has 0 N–H and O–H groups in total. The summed E-state index contributed by atoms with van der Waals surface area (Å²) in [7, 11) is 0. The molecule has 1 heterocycles. The minimum absolute atomic E-state index is 0.669. The van der Waals surface area contributed by atoms with Gasteiger partial charge in [0.15, 0.2) is 0 Å². The Bertz CT molecular complexity index is 460. The molecule has 1 atom stereocenters. The third-order valence-electron chi connectivity index (χ3n) is 3.24. The van der Waals surface area contributed by atoms with Gasteiger partial charge in [0, 0.05) is 18.4 Å². The molecule has 0 saturated heterocycles. The number of benzene rings is 1. The minimum atomic E-state index is 0.669. The molecule has 76 valence electrons. The summed E-state index contributed by atoms with van der Waals surface area (Å²) in [4.78, 5) is 0. The maximum atomic E-state index is 2.38. The van der Waals surface area contributed by atoms with Gasteiger partial charge in [0.05, 0.1) is 0 Å². The molecule has 0 radical (unpaired) electrons. The van der Waals surface area contributed by atoms with Gasteiger partial charge in [-0.1, -0.05) is 36.4 Å². The normalized spacial score (nSPS) is 20.9. The van der Waals surface area contributed by atoms with Crippen LogP contribution in [0.5, 0.6) is 0 Å². The van der Waals surface area contributed by atoms with E-state index in [0.29, 0.717) is 6.04 Å². The van der Waals surface area contributed by atoms with Crippen LogP contribution in [0.4, 0.5) is 0 Å². The van der Waals surface area contributed by atoms with E-state index in [1.54, 1.807) is 0 Å². The van der Waals surface area contributed by atoms with Gasteiger partial charge in [-0.15, -0.1) is 0 Å². The SMILES string of the molecule is C1=CC[C@H](n2cc3ccccc3c2)CC1. The van der Waals surface area contributed by atoms with Gasteiger partial charge in [-0.05, 0) is 30.0 Å². The summed E-state index contributed by atoms with van der Waals surface area (Å²) in [5, 5.41) is 2.71. The number of allylic oxidation sites excluding steroid dienone is 2. The predicted molar refractivity (Wildman–Crippen MR) is 64.0 cm³/mol. The van der Waals surface area contributed by atoms with E-state index in [1.165, 1.54) is 30.0 Å². The molecule has 0 saturated carbocycles. The van der Waals surface area contributed by atoms with Gasteiger partial charge in [-0.3, -0.25) is 0 Å². The molecular formula is C14H15N. The molecule has 0 bridgehead atoms. The highest BCUT2D eigenvalue weighted by atomic mass is 15.0. The smallest absolute Gasteiger partial charge is 0.0368 e. The third-order valence-corrected chi connectivity index (χ3v) is 3.24. The van der Waals surface area contributed by atoms with Crippen LogP contribution < -0.4 is 0 Å². The zero-order valence-corrected chi connectivity index (χ0v) is 8.76. The van der Waals surface area contributed by atoms with E-state index in [0.717, 1.165) is 0 Å². The number of rotatable bonds is 1. The summed E-state index contributed by atoms with van der Waals surface area (Å²) in [6.45, 7) is 0. The summed E-state index contributed by atoms with van der Waals surface area (Å²) < 4.78 is 2.38. The molecule has 0 fully saturated rings. The van der Waals surface area contributed by atoms with E-state index in [-0.39, 0.29) is 0 Å². The standard InChI is InChI=1S/C14H15N/c1-2-8-14(9-3-1)15-10-12-6-4-5-7-13(12)11-15/h1-2,4-7,10-11,14H,3,8-9H2/t14-/m0/s1. The second-order valence-corrected chi connectivity index (χ2v) is 4.27. The highest BCUT2D eigenvalue weighted by Crippen LogP contribution is 2.26. The maximum Gasteiger partial charge on any atom is 0.0368 e. The quantitative estimate of drug-likeness (QED) is 0.610. The average Bonchev–Trinajstić information content (AvgIpc) is 2.74. The van der Waals surface area contributed by atoms with Crippen LogP contribution in [0.2, 0.25) is 0 Å². The molecule has 2 aromatic rings. The van der Waals surface area contributed by atoms with Crippen molar-refractivity contribution in [2.45, 2.75) is 25.3 Å². The van der Waals surface area contributed by atoms with E-state index in [4.69, 9.17) is 0 Å². The lowest BCUT2D eigenvalue weighted by molar-refractivity contribution is 0.464. The van der Waals surface area contributed by atoms with E-state index in [2.05, 4.69) is 53.4 Å². The van der Waals surface area contributed by atoms with Crippen molar-refractivity contribution in [3.8, 4) is 0 Å². The van der Waals surface area contributed by atoms with Crippen molar-refractivity contribution in [2.75, 3.05) is 0 Å². The predicted octanol–water partition coefficient (Wildman–Crippen LogP) is 3.92. The summed E-state index contributed by atoms with van der Waals surface area (Å²) in [5.74, 6) is 0. The van der Waals surface area contributed by atoms with Crippen molar-refractivity contribution in [2.24, 2.45) is 0 Å². The van der Waals surface area contributed by atoms with Gasteiger partial charge in [-0.25, -0.2) is 0 Å². The average molecular weight is 197 g/mol. The van der Waals surface area contributed by atoms with E-state index in [1.807, 2.05) is 0 Å². The number of fused-ring (bicyclic) bond motifs is 1. The van der Waals surface area contributed by atoms with Gasteiger partial charge < -0.3 is 4.57 Å². The lowest BCUT2D eigenvalue weighted by Gasteiger charge is -2.19. The van der Waals surface area contributed by atoms with Crippen LogP contribution >= 0.6 is 0 Å². The Morgan fingerprint density at radius 3 is 2.33 bits per heavy atom. The fraction of sp³-hybridized carbons (Fsp3) is 0.286. The largest absolute Gasteiger partial charge is 0.350 e. The molecule has 3 rings (SSSR count). The van der Waals surface area contributed by atoms with Gasteiger partial charge in [-0.2, -0.15) is 0 Å². The highest BCUT2D eigenvalue weighted by Gasteiger charge is 2.11. The first-order valence-corrected chi connectivity index (χ1v) is 5.65. The molecule has 1 heteroatoms. The molecule has 0 unspecified atom stereocenters. The molecule has 1 aliphatic rings. The Morgan fingerprint density at radius 1 is 1.00 bits per heavy atom. The first kappa shape index (κ1) is 8.78. The Balaban J connectivity index is 2.00. The Morgan fingerprint density at radius 2 is 1.73 bits per heavy atom. The van der Waals surface area contributed by atoms with Crippen molar-refractivity contribution < 1.29 is 0 Å². The highest BCUT2D eigenvalue weighted by molar-refractivity contribution is 5.82. The summed E-state index contributed by atoms with van der Waals surface area (Å²) in [6.07, 6.45) is 12.8.